The highest BCUT2D eigenvalue weighted by atomic mass is 35.5. The number of nitrogens with zero attached hydrogens (tertiary/aromatic N) is 3. The lowest BCUT2D eigenvalue weighted by atomic mass is 10.2. The molecule has 0 aliphatic carbocycles. The van der Waals surface area contributed by atoms with Crippen LogP contribution in [-0.4, -0.2) is 17.0 Å². The van der Waals surface area contributed by atoms with Gasteiger partial charge in [-0.05, 0) is 24.3 Å². The van der Waals surface area contributed by atoms with Crippen molar-refractivity contribution < 1.29 is 4.39 Å². The van der Waals surface area contributed by atoms with Crippen molar-refractivity contribution in [3.63, 3.8) is 0 Å². The lowest BCUT2D eigenvalue weighted by molar-refractivity contribution is 0.625. The van der Waals surface area contributed by atoms with Gasteiger partial charge in [0.2, 0.25) is 0 Å². The Morgan fingerprint density at radius 3 is 2.74 bits per heavy atom. The predicted octanol–water partition coefficient (Wildman–Crippen LogP) is 3.45. The molecule has 19 heavy (non-hydrogen) atoms. The van der Waals surface area contributed by atoms with Crippen LogP contribution < -0.4 is 0 Å². The summed E-state index contributed by atoms with van der Waals surface area (Å²) in [6.07, 6.45) is 3.33. The minimum atomic E-state index is -0.426. The molecule has 5 heteroatoms. The monoisotopic (exact) mass is 273 g/mol. The van der Waals surface area contributed by atoms with Gasteiger partial charge in [-0.3, -0.25) is 9.98 Å². The van der Waals surface area contributed by atoms with E-state index >= 15 is 0 Å². The Balaban J connectivity index is 1.99. The number of halogens is 2. The minimum absolute atomic E-state index is 0.235. The number of rotatable bonds is 2. The summed E-state index contributed by atoms with van der Waals surface area (Å²) >= 11 is 5.99. The molecular weight excluding hydrogens is 265 g/mol. The van der Waals surface area contributed by atoms with E-state index in [1.807, 2.05) is 18.2 Å². The molecule has 1 aliphatic rings. The first-order chi connectivity index (χ1) is 9.25. The topological polar surface area (TPSA) is 37.6 Å². The molecule has 0 saturated carbocycles. The van der Waals surface area contributed by atoms with Crippen molar-refractivity contribution in [2.24, 2.45) is 9.98 Å². The van der Waals surface area contributed by atoms with E-state index in [0.717, 1.165) is 5.69 Å². The van der Waals surface area contributed by atoms with Crippen molar-refractivity contribution in [3.05, 3.63) is 64.7 Å². The number of hydrogen-bond donors (Lipinski definition) is 0. The van der Waals surface area contributed by atoms with Gasteiger partial charge in [0.25, 0.3) is 0 Å². The molecule has 3 nitrogen and oxygen atoms in total. The van der Waals surface area contributed by atoms with Crippen LogP contribution in [0, 0.1) is 5.82 Å². The molecule has 2 aromatic rings. The van der Waals surface area contributed by atoms with Gasteiger partial charge in [-0.25, -0.2) is 9.38 Å². The van der Waals surface area contributed by atoms with Crippen molar-refractivity contribution in [1.82, 2.24) is 4.98 Å². The van der Waals surface area contributed by atoms with Crippen molar-refractivity contribution >= 4 is 23.7 Å². The zero-order valence-electron chi connectivity index (χ0n) is 9.79. The Morgan fingerprint density at radius 1 is 1.11 bits per heavy atom. The normalized spacial score (nSPS) is 17.6. The zero-order valence-corrected chi connectivity index (χ0v) is 10.5. The summed E-state index contributed by atoms with van der Waals surface area (Å²) in [5.74, 6) is -0.121. The summed E-state index contributed by atoms with van der Waals surface area (Å²) in [7, 11) is 0. The third-order valence-corrected chi connectivity index (χ3v) is 3.09. The van der Waals surface area contributed by atoms with Crippen LogP contribution in [0.1, 0.15) is 17.3 Å². The molecule has 1 unspecified atom stereocenters. The van der Waals surface area contributed by atoms with E-state index in [1.165, 1.54) is 6.07 Å². The molecule has 1 aromatic carbocycles. The Morgan fingerprint density at radius 2 is 2.00 bits per heavy atom. The van der Waals surface area contributed by atoms with Gasteiger partial charge < -0.3 is 0 Å². The molecule has 0 N–H and O–H groups in total. The van der Waals surface area contributed by atoms with Crippen LogP contribution in [0.25, 0.3) is 0 Å². The van der Waals surface area contributed by atoms with E-state index in [0.29, 0.717) is 10.9 Å². The second kappa shape index (κ2) is 4.90. The summed E-state index contributed by atoms with van der Waals surface area (Å²) in [6.45, 7) is 0. The number of hydrogen-bond acceptors (Lipinski definition) is 3. The fraction of sp³-hybridized carbons (Fsp3) is 0.0714. The van der Waals surface area contributed by atoms with Crippen LogP contribution in [0.4, 0.5) is 4.39 Å². The van der Waals surface area contributed by atoms with E-state index in [4.69, 9.17) is 11.6 Å². The van der Waals surface area contributed by atoms with Crippen molar-refractivity contribution in [2.45, 2.75) is 6.04 Å². The van der Waals surface area contributed by atoms with E-state index in [1.54, 1.807) is 24.5 Å². The van der Waals surface area contributed by atoms with Gasteiger partial charge in [0.1, 0.15) is 11.9 Å². The average Bonchev–Trinajstić information content (AvgIpc) is 2.89. The maximum Gasteiger partial charge on any atom is 0.159 e. The largest absolute Gasteiger partial charge is 0.259 e. The fourth-order valence-electron chi connectivity index (χ4n) is 1.87. The van der Waals surface area contributed by atoms with Crippen molar-refractivity contribution in [1.29, 1.82) is 0 Å². The number of benzene rings is 1. The van der Waals surface area contributed by atoms with Gasteiger partial charge in [0.15, 0.2) is 5.84 Å². The predicted molar refractivity (Wildman–Crippen MR) is 73.4 cm³/mol. The van der Waals surface area contributed by atoms with E-state index in [2.05, 4.69) is 15.0 Å². The highest BCUT2D eigenvalue weighted by molar-refractivity contribution is 6.34. The number of pyridine rings is 1. The molecule has 3 rings (SSSR count). The molecule has 94 valence electrons. The smallest absolute Gasteiger partial charge is 0.159 e. The third-order valence-electron chi connectivity index (χ3n) is 2.78. The Labute approximate surface area is 114 Å². The second-order valence-electron chi connectivity index (χ2n) is 4.03. The van der Waals surface area contributed by atoms with Gasteiger partial charge in [-0.2, -0.15) is 0 Å². The van der Waals surface area contributed by atoms with Crippen LogP contribution in [0.3, 0.4) is 0 Å². The standard InChI is InChI=1S/C14H9ClFN3/c15-9-4-3-5-10(16)13(9)14-18-8-12(19-14)11-6-1-2-7-17-11/h1-8,12H. The van der Waals surface area contributed by atoms with Gasteiger partial charge in [-0.1, -0.05) is 23.7 Å². The number of amidine groups is 1. The van der Waals surface area contributed by atoms with Crippen molar-refractivity contribution in [3.8, 4) is 0 Å². The second-order valence-corrected chi connectivity index (χ2v) is 4.43. The van der Waals surface area contributed by atoms with Gasteiger partial charge in [0.05, 0.1) is 16.3 Å². The number of aliphatic imine (C=N–C) groups is 2. The van der Waals surface area contributed by atoms with E-state index < -0.39 is 5.82 Å². The van der Waals surface area contributed by atoms with Gasteiger partial charge >= 0.3 is 0 Å². The minimum Gasteiger partial charge on any atom is -0.259 e. The van der Waals surface area contributed by atoms with Gasteiger partial charge in [0, 0.05) is 12.4 Å². The van der Waals surface area contributed by atoms with Crippen LogP contribution in [0.15, 0.2) is 52.6 Å². The first-order valence-corrected chi connectivity index (χ1v) is 6.11. The van der Waals surface area contributed by atoms with Crippen LogP contribution in [-0.2, 0) is 0 Å². The van der Waals surface area contributed by atoms with Crippen molar-refractivity contribution in [2.75, 3.05) is 0 Å². The fourth-order valence-corrected chi connectivity index (χ4v) is 2.12. The molecule has 1 aromatic heterocycles. The Bertz CT molecular complexity index is 647. The van der Waals surface area contributed by atoms with E-state index in [-0.39, 0.29) is 11.6 Å². The SMILES string of the molecule is Fc1cccc(Cl)c1C1=NC(c2ccccn2)C=N1. The molecule has 0 radical (unpaired) electrons. The Kier molecular flexibility index (Phi) is 3.09. The number of aromatic nitrogens is 1. The van der Waals surface area contributed by atoms with E-state index in [9.17, 15) is 4.39 Å². The molecule has 0 spiro atoms. The molecule has 1 aliphatic heterocycles. The summed E-state index contributed by atoms with van der Waals surface area (Å²) in [4.78, 5) is 12.7. The molecule has 0 saturated heterocycles. The average molecular weight is 274 g/mol. The molecule has 0 bridgehead atoms. The maximum absolute atomic E-state index is 13.8. The Hall–Kier alpha value is -2.07. The molecule has 0 amide bonds. The van der Waals surface area contributed by atoms with Crippen LogP contribution >= 0.6 is 11.6 Å². The highest BCUT2D eigenvalue weighted by Crippen LogP contribution is 2.25. The summed E-state index contributed by atoms with van der Waals surface area (Å²) < 4.78 is 13.8. The highest BCUT2D eigenvalue weighted by Gasteiger charge is 2.20. The van der Waals surface area contributed by atoms with Crippen LogP contribution in [0.2, 0.25) is 5.02 Å². The van der Waals surface area contributed by atoms with Crippen LogP contribution in [0.5, 0.6) is 0 Å². The summed E-state index contributed by atoms with van der Waals surface area (Å²) in [6, 6.07) is 9.78. The first-order valence-electron chi connectivity index (χ1n) is 5.73. The molecule has 0 fully saturated rings. The lowest BCUT2D eigenvalue weighted by Crippen LogP contribution is -2.00. The third kappa shape index (κ3) is 2.27. The molecule has 2 heterocycles. The maximum atomic E-state index is 13.8. The first kappa shape index (κ1) is 12.0. The molecule has 1 atom stereocenters. The molecular formula is C14H9ClFN3. The quantitative estimate of drug-likeness (QED) is 0.826. The zero-order chi connectivity index (χ0) is 13.2. The summed E-state index contributed by atoms with van der Waals surface area (Å²) in [5.41, 5.74) is 1.01. The van der Waals surface area contributed by atoms with Gasteiger partial charge in [-0.15, -0.1) is 0 Å². The summed E-state index contributed by atoms with van der Waals surface area (Å²) in [5, 5.41) is 0.303. The lowest BCUT2D eigenvalue weighted by Gasteiger charge is -2.04.